The number of rotatable bonds is 5. The molecule has 1 amide bonds. The first kappa shape index (κ1) is 21.5. The number of benzene rings is 2. The summed E-state index contributed by atoms with van der Waals surface area (Å²) in [4.78, 5) is 14.9. The van der Waals surface area contributed by atoms with Gasteiger partial charge in [0.2, 0.25) is 0 Å². The molecule has 2 N–H and O–H groups in total. The number of halogens is 1. The highest BCUT2D eigenvalue weighted by Gasteiger charge is 2.34. The molecule has 1 aliphatic carbocycles. The molecule has 1 aliphatic heterocycles. The molecule has 5 nitrogen and oxygen atoms in total. The van der Waals surface area contributed by atoms with Crippen molar-refractivity contribution in [3.05, 3.63) is 59.7 Å². The van der Waals surface area contributed by atoms with Gasteiger partial charge >= 0.3 is 0 Å². The molecule has 1 heterocycles. The molecule has 2 fully saturated rings. The summed E-state index contributed by atoms with van der Waals surface area (Å²) >= 11 is 0. The Labute approximate surface area is 178 Å². The molecule has 2 aromatic carbocycles. The van der Waals surface area contributed by atoms with Crippen molar-refractivity contribution in [1.29, 1.82) is 0 Å². The molecule has 6 heteroatoms. The number of hydrogen-bond acceptors (Lipinski definition) is 4. The Kier molecular flexibility index (Phi) is 7.04. The maximum Gasteiger partial charge on any atom is 0.254 e. The van der Waals surface area contributed by atoms with E-state index in [0.717, 1.165) is 12.8 Å². The van der Waals surface area contributed by atoms with E-state index in [1.165, 1.54) is 18.4 Å². The maximum absolute atomic E-state index is 13.1. The van der Waals surface area contributed by atoms with Gasteiger partial charge in [0.05, 0.1) is 13.2 Å². The van der Waals surface area contributed by atoms with Crippen molar-refractivity contribution in [3.63, 3.8) is 0 Å². The topological polar surface area (TPSA) is 64.8 Å². The summed E-state index contributed by atoms with van der Waals surface area (Å²) in [5.41, 5.74) is 8.14. The monoisotopic (exact) mass is 416 g/mol. The summed E-state index contributed by atoms with van der Waals surface area (Å²) in [5.74, 6) is 1.48. The number of likely N-dealkylation sites (tertiary alicyclic amines) is 1. The van der Waals surface area contributed by atoms with Gasteiger partial charge in [-0.05, 0) is 49.4 Å². The first-order valence-electron chi connectivity index (χ1n) is 10.1. The zero-order valence-corrected chi connectivity index (χ0v) is 17.6. The molecule has 2 aromatic rings. The van der Waals surface area contributed by atoms with Crippen LogP contribution in [0.25, 0.3) is 0 Å². The van der Waals surface area contributed by atoms with Crippen LogP contribution in [0.4, 0.5) is 0 Å². The highest BCUT2D eigenvalue weighted by atomic mass is 35.5. The van der Waals surface area contributed by atoms with Crippen molar-refractivity contribution in [3.8, 4) is 11.5 Å². The van der Waals surface area contributed by atoms with Gasteiger partial charge in [0, 0.05) is 30.6 Å². The van der Waals surface area contributed by atoms with Crippen LogP contribution in [0, 0.1) is 0 Å². The highest BCUT2D eigenvalue weighted by molar-refractivity contribution is 5.95. The van der Waals surface area contributed by atoms with Gasteiger partial charge in [-0.3, -0.25) is 4.79 Å². The Morgan fingerprint density at radius 1 is 1.03 bits per heavy atom. The highest BCUT2D eigenvalue weighted by Crippen LogP contribution is 2.33. The van der Waals surface area contributed by atoms with E-state index in [1.54, 1.807) is 13.2 Å². The molecule has 0 bridgehead atoms. The molecule has 1 saturated carbocycles. The summed E-state index contributed by atoms with van der Waals surface area (Å²) in [6.07, 6.45) is 4.83. The number of methoxy groups -OCH3 is 1. The third-order valence-electron chi connectivity index (χ3n) is 5.89. The first-order chi connectivity index (χ1) is 13.7. The summed E-state index contributed by atoms with van der Waals surface area (Å²) in [6, 6.07) is 15.6. The largest absolute Gasteiger partial charge is 0.493 e. The summed E-state index contributed by atoms with van der Waals surface area (Å²) in [6.45, 7) is 1.19. The number of carbonyl (C=O) groups is 1. The third kappa shape index (κ3) is 4.68. The summed E-state index contributed by atoms with van der Waals surface area (Å²) in [5, 5.41) is 0. The molecule has 2 aliphatic rings. The van der Waals surface area contributed by atoms with Gasteiger partial charge < -0.3 is 20.1 Å². The zero-order valence-electron chi connectivity index (χ0n) is 16.8. The van der Waals surface area contributed by atoms with Crippen LogP contribution in [0.3, 0.4) is 0 Å². The van der Waals surface area contributed by atoms with Crippen molar-refractivity contribution in [2.75, 3.05) is 20.2 Å². The van der Waals surface area contributed by atoms with Crippen LogP contribution in [0.15, 0.2) is 48.5 Å². The quantitative estimate of drug-likeness (QED) is 0.799. The fraction of sp³-hybridized carbons (Fsp3) is 0.435. The fourth-order valence-corrected chi connectivity index (χ4v) is 4.31. The van der Waals surface area contributed by atoms with Crippen LogP contribution in [0.5, 0.6) is 11.5 Å². The molecule has 1 saturated heterocycles. The number of nitrogens with zero attached hydrogens (tertiary/aromatic N) is 1. The number of ether oxygens (including phenoxy) is 2. The Morgan fingerprint density at radius 3 is 2.45 bits per heavy atom. The van der Waals surface area contributed by atoms with Crippen LogP contribution in [-0.2, 0) is 0 Å². The van der Waals surface area contributed by atoms with Crippen molar-refractivity contribution in [1.82, 2.24) is 4.90 Å². The van der Waals surface area contributed by atoms with Crippen molar-refractivity contribution >= 4 is 18.3 Å². The van der Waals surface area contributed by atoms with Crippen LogP contribution in [0.2, 0.25) is 0 Å². The number of nitrogens with two attached hydrogens (primary N) is 1. The van der Waals surface area contributed by atoms with E-state index in [2.05, 4.69) is 12.1 Å². The summed E-state index contributed by atoms with van der Waals surface area (Å²) < 4.78 is 11.6. The molecule has 0 aromatic heterocycles. The average molecular weight is 417 g/mol. The van der Waals surface area contributed by atoms with Crippen LogP contribution in [0.1, 0.15) is 47.5 Å². The minimum Gasteiger partial charge on any atom is -0.493 e. The second-order valence-electron chi connectivity index (χ2n) is 7.78. The molecule has 2 atom stereocenters. The lowest BCUT2D eigenvalue weighted by molar-refractivity contribution is 0.0788. The molecule has 0 spiro atoms. The second kappa shape index (κ2) is 9.51. The van der Waals surface area contributed by atoms with E-state index in [9.17, 15) is 4.79 Å². The first-order valence-corrected chi connectivity index (χ1v) is 10.1. The summed E-state index contributed by atoms with van der Waals surface area (Å²) in [7, 11) is 1.61. The van der Waals surface area contributed by atoms with E-state index in [1.807, 2.05) is 35.2 Å². The van der Waals surface area contributed by atoms with E-state index >= 15 is 0 Å². The zero-order chi connectivity index (χ0) is 19.5. The SMILES string of the molecule is COc1cc(C(=O)N2C[C@@H](N)[C@H](c3ccccc3)C2)ccc1OC1CCCC1.Cl. The molecule has 156 valence electrons. The predicted molar refractivity (Wildman–Crippen MR) is 116 cm³/mol. The third-order valence-corrected chi connectivity index (χ3v) is 5.89. The predicted octanol–water partition coefficient (Wildman–Crippen LogP) is 4.01. The minimum atomic E-state index is -0.0572. The van der Waals surface area contributed by atoms with E-state index in [0.29, 0.717) is 30.2 Å². The Hall–Kier alpha value is -2.24. The van der Waals surface area contributed by atoms with Crippen LogP contribution in [-0.4, -0.2) is 43.2 Å². The van der Waals surface area contributed by atoms with Gasteiger partial charge in [-0.15, -0.1) is 12.4 Å². The molecule has 0 unspecified atom stereocenters. The molecular weight excluding hydrogens is 388 g/mol. The van der Waals surface area contributed by atoms with Gasteiger partial charge in [-0.2, -0.15) is 0 Å². The minimum absolute atomic E-state index is 0. The van der Waals surface area contributed by atoms with E-state index in [-0.39, 0.29) is 36.4 Å². The molecule has 0 radical (unpaired) electrons. The van der Waals surface area contributed by atoms with Gasteiger partial charge in [0.15, 0.2) is 11.5 Å². The molecular formula is C23H29ClN2O3. The van der Waals surface area contributed by atoms with E-state index in [4.69, 9.17) is 15.2 Å². The van der Waals surface area contributed by atoms with Crippen molar-refractivity contribution in [2.24, 2.45) is 5.73 Å². The average Bonchev–Trinajstić information content (AvgIpc) is 3.38. The van der Waals surface area contributed by atoms with Crippen LogP contribution >= 0.6 is 12.4 Å². The Balaban J connectivity index is 0.00000240. The fourth-order valence-electron chi connectivity index (χ4n) is 4.31. The normalized spacial score (nSPS) is 21.7. The molecule has 4 rings (SSSR count). The van der Waals surface area contributed by atoms with Gasteiger partial charge in [0.25, 0.3) is 5.91 Å². The maximum atomic E-state index is 13.1. The van der Waals surface area contributed by atoms with Crippen molar-refractivity contribution < 1.29 is 14.3 Å². The number of amides is 1. The van der Waals surface area contributed by atoms with E-state index < -0.39 is 0 Å². The van der Waals surface area contributed by atoms with Gasteiger partial charge in [-0.25, -0.2) is 0 Å². The Bertz CT molecular complexity index is 824. The second-order valence-corrected chi connectivity index (χ2v) is 7.78. The van der Waals surface area contributed by atoms with Crippen LogP contribution < -0.4 is 15.2 Å². The molecule has 29 heavy (non-hydrogen) atoms. The number of carbonyl (C=O) groups excluding carboxylic acids is 1. The lowest BCUT2D eigenvalue weighted by Gasteiger charge is -2.19. The smallest absolute Gasteiger partial charge is 0.254 e. The van der Waals surface area contributed by atoms with Gasteiger partial charge in [-0.1, -0.05) is 30.3 Å². The lowest BCUT2D eigenvalue weighted by atomic mass is 9.95. The number of hydrogen-bond donors (Lipinski definition) is 1. The standard InChI is InChI=1S/C23H28N2O3.ClH/c1-27-22-13-17(11-12-21(22)28-18-9-5-6-10-18)23(26)25-14-19(20(24)15-25)16-7-3-2-4-8-16;/h2-4,7-8,11-13,18-20H,5-6,9-10,14-15,24H2,1H3;1H/t19-,20+;/m0./s1. The lowest BCUT2D eigenvalue weighted by Crippen LogP contribution is -2.32. The Morgan fingerprint density at radius 2 is 1.76 bits per heavy atom. The van der Waals surface area contributed by atoms with Gasteiger partial charge in [0.1, 0.15) is 0 Å². The van der Waals surface area contributed by atoms with Crippen molar-refractivity contribution in [2.45, 2.75) is 43.7 Å².